The van der Waals surface area contributed by atoms with Crippen molar-refractivity contribution < 1.29 is 9.47 Å². The summed E-state index contributed by atoms with van der Waals surface area (Å²) >= 11 is 3.46. The van der Waals surface area contributed by atoms with E-state index in [4.69, 9.17) is 9.47 Å². The third-order valence-electron chi connectivity index (χ3n) is 3.22. The number of methoxy groups -OCH3 is 2. The molecule has 0 spiro atoms. The van der Waals surface area contributed by atoms with Crippen LogP contribution < -0.4 is 14.8 Å². The molecule has 2 aromatic rings. The first-order valence-electron chi connectivity index (χ1n) is 6.62. The molecule has 0 aliphatic heterocycles. The minimum atomic E-state index is -0.0617. The van der Waals surface area contributed by atoms with Crippen molar-refractivity contribution in [3.8, 4) is 11.5 Å². The van der Waals surface area contributed by atoms with E-state index in [0.29, 0.717) is 0 Å². The maximum absolute atomic E-state index is 5.35. The van der Waals surface area contributed by atoms with Gasteiger partial charge in [0.1, 0.15) is 11.5 Å². The van der Waals surface area contributed by atoms with Crippen molar-refractivity contribution >= 4 is 15.9 Å². The van der Waals surface area contributed by atoms with Crippen LogP contribution in [0.5, 0.6) is 11.5 Å². The normalized spacial score (nSPS) is 12.2. The second-order valence-electron chi connectivity index (χ2n) is 4.53. The first kappa shape index (κ1) is 15.8. The predicted octanol–water partition coefficient (Wildman–Crippen LogP) is 2.29. The van der Waals surface area contributed by atoms with Gasteiger partial charge in [-0.25, -0.2) is 4.68 Å². The molecular formula is C14H19BrN4O2. The Morgan fingerprint density at radius 2 is 1.86 bits per heavy atom. The Bertz CT molecular complexity index is 573. The Kier molecular flexibility index (Phi) is 5.19. The number of aryl methyl sites for hydroxylation is 1. The lowest BCUT2D eigenvalue weighted by atomic mass is 10.0. The minimum Gasteiger partial charge on any atom is -0.497 e. The molecule has 0 saturated carbocycles. The van der Waals surface area contributed by atoms with Gasteiger partial charge in [-0.05, 0) is 40.2 Å². The van der Waals surface area contributed by atoms with Gasteiger partial charge in [0.15, 0.2) is 4.60 Å². The van der Waals surface area contributed by atoms with Crippen LogP contribution in [0.4, 0.5) is 0 Å². The zero-order valence-electron chi connectivity index (χ0n) is 12.6. The molecule has 1 N–H and O–H groups in total. The van der Waals surface area contributed by atoms with Crippen LogP contribution in [0, 0.1) is 0 Å². The second-order valence-corrected chi connectivity index (χ2v) is 5.28. The smallest absolute Gasteiger partial charge is 0.153 e. The van der Waals surface area contributed by atoms with Gasteiger partial charge in [0, 0.05) is 13.1 Å². The number of ether oxygens (including phenoxy) is 2. The number of aromatic nitrogens is 3. The standard InChI is InChI=1S/C14H19BrN4O2/c1-5-16-12(13-14(15)17-18-19(13)2)9-6-10(20-3)8-11(7-9)21-4/h6-8,12,16H,5H2,1-4H3. The van der Waals surface area contributed by atoms with Gasteiger partial charge in [0.2, 0.25) is 0 Å². The average Bonchev–Trinajstić information content (AvgIpc) is 2.83. The fourth-order valence-corrected chi connectivity index (χ4v) is 2.77. The summed E-state index contributed by atoms with van der Waals surface area (Å²) in [6.45, 7) is 2.86. The van der Waals surface area contributed by atoms with E-state index < -0.39 is 0 Å². The monoisotopic (exact) mass is 354 g/mol. The topological polar surface area (TPSA) is 61.2 Å². The molecule has 0 radical (unpaired) electrons. The van der Waals surface area contributed by atoms with E-state index in [9.17, 15) is 0 Å². The third-order valence-corrected chi connectivity index (χ3v) is 3.78. The lowest BCUT2D eigenvalue weighted by molar-refractivity contribution is 0.392. The highest BCUT2D eigenvalue weighted by atomic mass is 79.9. The molecule has 6 nitrogen and oxygen atoms in total. The molecule has 1 unspecified atom stereocenters. The number of nitrogens with zero attached hydrogens (tertiary/aromatic N) is 3. The molecule has 1 aromatic heterocycles. The summed E-state index contributed by atoms with van der Waals surface area (Å²) in [5.41, 5.74) is 1.98. The van der Waals surface area contributed by atoms with Gasteiger partial charge >= 0.3 is 0 Å². The molecule has 114 valence electrons. The van der Waals surface area contributed by atoms with E-state index in [1.807, 2.05) is 25.2 Å². The van der Waals surface area contributed by atoms with E-state index in [-0.39, 0.29) is 6.04 Å². The summed E-state index contributed by atoms with van der Waals surface area (Å²) < 4.78 is 13.2. The Morgan fingerprint density at radius 1 is 1.24 bits per heavy atom. The highest BCUT2D eigenvalue weighted by Crippen LogP contribution is 2.32. The highest BCUT2D eigenvalue weighted by Gasteiger charge is 2.22. The summed E-state index contributed by atoms with van der Waals surface area (Å²) in [4.78, 5) is 0. The summed E-state index contributed by atoms with van der Waals surface area (Å²) in [6.07, 6.45) is 0. The summed E-state index contributed by atoms with van der Waals surface area (Å²) in [6, 6.07) is 5.75. The molecule has 0 fully saturated rings. The van der Waals surface area contributed by atoms with Crippen molar-refractivity contribution in [3.63, 3.8) is 0 Å². The molecule has 0 aliphatic carbocycles. The van der Waals surface area contributed by atoms with Crippen LogP contribution in [0.25, 0.3) is 0 Å². The Morgan fingerprint density at radius 3 is 2.29 bits per heavy atom. The molecule has 0 aliphatic rings. The SMILES string of the molecule is CCNC(c1cc(OC)cc(OC)c1)c1c(Br)nnn1C. The van der Waals surface area contributed by atoms with Gasteiger partial charge in [-0.3, -0.25) is 0 Å². The summed E-state index contributed by atoms with van der Waals surface area (Å²) in [7, 11) is 5.15. The molecule has 1 heterocycles. The fraction of sp³-hybridized carbons (Fsp3) is 0.429. The Labute approximate surface area is 132 Å². The fourth-order valence-electron chi connectivity index (χ4n) is 2.22. The number of benzene rings is 1. The number of hydrogen-bond donors (Lipinski definition) is 1. The molecule has 1 aromatic carbocycles. The van der Waals surface area contributed by atoms with E-state index >= 15 is 0 Å². The van der Waals surface area contributed by atoms with E-state index in [2.05, 4.69) is 38.5 Å². The molecule has 2 rings (SSSR count). The zero-order valence-corrected chi connectivity index (χ0v) is 14.1. The van der Waals surface area contributed by atoms with Crippen LogP contribution in [0.2, 0.25) is 0 Å². The molecule has 0 saturated heterocycles. The van der Waals surface area contributed by atoms with Gasteiger partial charge in [-0.2, -0.15) is 0 Å². The quantitative estimate of drug-likeness (QED) is 0.862. The minimum absolute atomic E-state index is 0.0617. The molecule has 7 heteroatoms. The molecule has 0 bridgehead atoms. The predicted molar refractivity (Wildman–Crippen MR) is 83.8 cm³/mol. The molecular weight excluding hydrogens is 336 g/mol. The number of nitrogens with one attached hydrogen (secondary N) is 1. The summed E-state index contributed by atoms with van der Waals surface area (Å²) in [5, 5.41) is 11.5. The van der Waals surface area contributed by atoms with Crippen molar-refractivity contribution in [2.24, 2.45) is 7.05 Å². The van der Waals surface area contributed by atoms with Crippen molar-refractivity contribution in [3.05, 3.63) is 34.1 Å². The van der Waals surface area contributed by atoms with E-state index in [0.717, 1.165) is 33.9 Å². The first-order valence-corrected chi connectivity index (χ1v) is 7.41. The van der Waals surface area contributed by atoms with Crippen LogP contribution in [-0.4, -0.2) is 35.8 Å². The van der Waals surface area contributed by atoms with Crippen LogP contribution in [0.3, 0.4) is 0 Å². The number of hydrogen-bond acceptors (Lipinski definition) is 5. The lowest BCUT2D eigenvalue weighted by Crippen LogP contribution is -2.24. The molecule has 0 amide bonds. The van der Waals surface area contributed by atoms with Gasteiger partial charge in [-0.15, -0.1) is 5.10 Å². The Hall–Kier alpha value is -1.60. The largest absolute Gasteiger partial charge is 0.497 e. The highest BCUT2D eigenvalue weighted by molar-refractivity contribution is 9.10. The maximum Gasteiger partial charge on any atom is 0.153 e. The van der Waals surface area contributed by atoms with Crippen molar-refractivity contribution in [1.29, 1.82) is 0 Å². The van der Waals surface area contributed by atoms with Gasteiger partial charge < -0.3 is 14.8 Å². The molecule has 1 atom stereocenters. The zero-order chi connectivity index (χ0) is 15.4. The van der Waals surface area contributed by atoms with Gasteiger partial charge in [0.05, 0.1) is 26.0 Å². The van der Waals surface area contributed by atoms with Crippen molar-refractivity contribution in [2.45, 2.75) is 13.0 Å². The van der Waals surface area contributed by atoms with Crippen LogP contribution in [0.15, 0.2) is 22.8 Å². The third kappa shape index (κ3) is 3.36. The average molecular weight is 355 g/mol. The maximum atomic E-state index is 5.35. The van der Waals surface area contributed by atoms with E-state index in [1.165, 1.54) is 0 Å². The first-order chi connectivity index (χ1) is 10.1. The Balaban J connectivity index is 2.52. The summed E-state index contributed by atoms with van der Waals surface area (Å²) in [5.74, 6) is 1.50. The van der Waals surface area contributed by atoms with Crippen LogP contribution >= 0.6 is 15.9 Å². The van der Waals surface area contributed by atoms with Crippen molar-refractivity contribution in [1.82, 2.24) is 20.3 Å². The number of rotatable bonds is 6. The van der Waals surface area contributed by atoms with Crippen LogP contribution in [-0.2, 0) is 7.05 Å². The van der Waals surface area contributed by atoms with Gasteiger partial charge in [0.25, 0.3) is 0 Å². The van der Waals surface area contributed by atoms with E-state index in [1.54, 1.807) is 18.9 Å². The lowest BCUT2D eigenvalue weighted by Gasteiger charge is -2.20. The molecule has 21 heavy (non-hydrogen) atoms. The van der Waals surface area contributed by atoms with Crippen molar-refractivity contribution in [2.75, 3.05) is 20.8 Å². The van der Waals surface area contributed by atoms with Crippen LogP contribution in [0.1, 0.15) is 24.2 Å². The number of halogens is 1. The van der Waals surface area contributed by atoms with Gasteiger partial charge in [-0.1, -0.05) is 12.1 Å². The second kappa shape index (κ2) is 6.91.